The number of hydrogen-bond donors (Lipinski definition) is 1. The van der Waals surface area contributed by atoms with Gasteiger partial charge in [0.1, 0.15) is 0 Å². The van der Waals surface area contributed by atoms with E-state index in [0.29, 0.717) is 15.8 Å². The monoisotopic (exact) mass is 410 g/mol. The average Bonchev–Trinajstić information content (AvgIpc) is 2.41. The van der Waals surface area contributed by atoms with E-state index in [0.717, 1.165) is 14.5 Å². The van der Waals surface area contributed by atoms with Gasteiger partial charge in [-0.25, -0.2) is 0 Å². The van der Waals surface area contributed by atoms with E-state index < -0.39 is 0 Å². The molecule has 3 aromatic rings. The quantitative estimate of drug-likeness (QED) is 0.595. The first-order valence-electron chi connectivity index (χ1n) is 5.77. The average molecular weight is 412 g/mol. The Morgan fingerprint density at radius 2 is 1.85 bits per heavy atom. The number of H-pyrrole nitrogens is 1. The molecular weight excluding hydrogens is 404 g/mol. The number of rotatable bonds is 1. The molecule has 3 nitrogen and oxygen atoms in total. The number of para-hydroxylation sites is 1. The molecule has 1 aromatic heterocycles. The second-order valence-corrected chi connectivity index (χ2v) is 6.37. The molecule has 0 aliphatic heterocycles. The van der Waals surface area contributed by atoms with E-state index >= 15 is 0 Å². The molecule has 3 rings (SSSR count). The Kier molecular flexibility index (Phi) is 3.62. The van der Waals surface area contributed by atoms with Gasteiger partial charge in [0.2, 0.25) is 0 Å². The zero-order chi connectivity index (χ0) is 14.3. The standard InChI is InChI=1S/C14H8Br2N2OS/c15-8-5-6-12(10(16)7-8)18-13(19)9-3-1-2-4-11(9)17-14(18)20/h1-7H,(H,17,20). The molecule has 6 heteroatoms. The van der Waals surface area contributed by atoms with E-state index in [9.17, 15) is 4.79 Å². The normalized spacial score (nSPS) is 10.9. The summed E-state index contributed by atoms with van der Waals surface area (Å²) in [5, 5.41) is 0.607. The van der Waals surface area contributed by atoms with Crippen molar-refractivity contribution in [2.45, 2.75) is 0 Å². The van der Waals surface area contributed by atoms with Gasteiger partial charge in [-0.1, -0.05) is 28.1 Å². The predicted molar refractivity (Wildman–Crippen MR) is 90.1 cm³/mol. The van der Waals surface area contributed by atoms with Crippen LogP contribution < -0.4 is 5.56 Å². The molecule has 0 atom stereocenters. The second kappa shape index (κ2) is 5.27. The van der Waals surface area contributed by atoms with Crippen LogP contribution in [0.15, 0.2) is 56.2 Å². The Labute approximate surface area is 136 Å². The van der Waals surface area contributed by atoms with E-state index in [1.807, 2.05) is 36.4 Å². The van der Waals surface area contributed by atoms with Gasteiger partial charge in [0, 0.05) is 8.95 Å². The van der Waals surface area contributed by atoms with Crippen LogP contribution in [0, 0.1) is 4.77 Å². The summed E-state index contributed by atoms with van der Waals surface area (Å²) < 4.78 is 3.59. The number of nitrogens with zero attached hydrogens (tertiary/aromatic N) is 1. The minimum atomic E-state index is -0.132. The molecule has 0 unspecified atom stereocenters. The summed E-state index contributed by atoms with van der Waals surface area (Å²) in [4.78, 5) is 15.7. The van der Waals surface area contributed by atoms with Crippen LogP contribution in [-0.4, -0.2) is 9.55 Å². The number of hydrogen-bond acceptors (Lipinski definition) is 2. The summed E-state index contributed by atoms with van der Waals surface area (Å²) in [6.07, 6.45) is 0. The third-order valence-electron chi connectivity index (χ3n) is 2.96. The fraction of sp³-hybridized carbons (Fsp3) is 0. The molecular formula is C14H8Br2N2OS. The summed E-state index contributed by atoms with van der Waals surface area (Å²) in [7, 11) is 0. The van der Waals surface area contributed by atoms with Crippen molar-refractivity contribution >= 4 is 55.0 Å². The fourth-order valence-electron chi connectivity index (χ4n) is 2.04. The molecule has 20 heavy (non-hydrogen) atoms. The molecule has 0 saturated heterocycles. The molecule has 0 aliphatic carbocycles. The Morgan fingerprint density at radius 1 is 1.10 bits per heavy atom. The van der Waals surface area contributed by atoms with Gasteiger partial charge in [-0.3, -0.25) is 9.36 Å². The number of benzene rings is 2. The maximum atomic E-state index is 12.6. The third kappa shape index (κ3) is 2.28. The Balaban J connectivity index is 2.43. The van der Waals surface area contributed by atoms with Gasteiger partial charge in [0.05, 0.1) is 16.6 Å². The van der Waals surface area contributed by atoms with Crippen molar-refractivity contribution in [1.82, 2.24) is 9.55 Å². The van der Waals surface area contributed by atoms with Gasteiger partial charge < -0.3 is 4.98 Å². The first-order chi connectivity index (χ1) is 9.58. The highest BCUT2D eigenvalue weighted by Crippen LogP contribution is 2.24. The van der Waals surface area contributed by atoms with E-state index in [4.69, 9.17) is 12.2 Å². The van der Waals surface area contributed by atoms with Crippen LogP contribution in [0.5, 0.6) is 0 Å². The van der Waals surface area contributed by atoms with Crippen molar-refractivity contribution in [1.29, 1.82) is 0 Å². The summed E-state index contributed by atoms with van der Waals surface area (Å²) in [6.45, 7) is 0. The number of aromatic nitrogens is 2. The molecule has 100 valence electrons. The van der Waals surface area contributed by atoms with Crippen LogP contribution in [0.4, 0.5) is 0 Å². The molecule has 1 N–H and O–H groups in total. The lowest BCUT2D eigenvalue weighted by Gasteiger charge is -2.10. The lowest BCUT2D eigenvalue weighted by atomic mass is 10.2. The summed E-state index contributed by atoms with van der Waals surface area (Å²) >= 11 is 12.2. The number of nitrogens with one attached hydrogen (secondary N) is 1. The van der Waals surface area contributed by atoms with Crippen LogP contribution in [0.25, 0.3) is 16.6 Å². The molecule has 0 amide bonds. The van der Waals surface area contributed by atoms with Crippen LogP contribution in [0.1, 0.15) is 0 Å². The van der Waals surface area contributed by atoms with Crippen LogP contribution in [0.3, 0.4) is 0 Å². The summed E-state index contributed by atoms with van der Waals surface area (Å²) in [5.74, 6) is 0. The van der Waals surface area contributed by atoms with Gasteiger partial charge >= 0.3 is 0 Å². The van der Waals surface area contributed by atoms with Crippen LogP contribution in [0.2, 0.25) is 0 Å². The molecule has 0 bridgehead atoms. The number of halogens is 2. The first-order valence-corrected chi connectivity index (χ1v) is 7.77. The van der Waals surface area contributed by atoms with Crippen LogP contribution in [-0.2, 0) is 0 Å². The molecule has 2 aromatic carbocycles. The van der Waals surface area contributed by atoms with Crippen LogP contribution >= 0.6 is 44.1 Å². The van der Waals surface area contributed by atoms with E-state index in [1.165, 1.54) is 4.57 Å². The lowest BCUT2D eigenvalue weighted by molar-refractivity contribution is 0.935. The Hall–Kier alpha value is -1.24. The molecule has 0 spiro atoms. The summed E-state index contributed by atoms with van der Waals surface area (Å²) in [5.41, 5.74) is 1.32. The van der Waals surface area contributed by atoms with Crippen molar-refractivity contribution in [2.75, 3.05) is 0 Å². The topological polar surface area (TPSA) is 37.8 Å². The summed E-state index contributed by atoms with van der Waals surface area (Å²) in [6, 6.07) is 12.9. The van der Waals surface area contributed by atoms with E-state index in [1.54, 1.807) is 6.07 Å². The van der Waals surface area contributed by atoms with Gasteiger partial charge in [-0.15, -0.1) is 0 Å². The van der Waals surface area contributed by atoms with Gasteiger partial charge in [-0.05, 0) is 58.5 Å². The lowest BCUT2D eigenvalue weighted by Crippen LogP contribution is -2.20. The Morgan fingerprint density at radius 3 is 2.60 bits per heavy atom. The van der Waals surface area contributed by atoms with Gasteiger partial charge in [0.15, 0.2) is 4.77 Å². The highest BCUT2D eigenvalue weighted by Gasteiger charge is 2.10. The zero-order valence-corrected chi connectivity index (χ0v) is 14.0. The van der Waals surface area contributed by atoms with Crippen molar-refractivity contribution in [3.05, 3.63) is 66.5 Å². The minimum absolute atomic E-state index is 0.132. The third-order valence-corrected chi connectivity index (χ3v) is 4.37. The van der Waals surface area contributed by atoms with Gasteiger partial charge in [0.25, 0.3) is 5.56 Å². The molecule has 1 heterocycles. The fourth-order valence-corrected chi connectivity index (χ4v) is 3.56. The Bertz CT molecular complexity index is 930. The molecule has 0 fully saturated rings. The SMILES string of the molecule is O=c1c2ccccc2[nH]c(=S)n1-c1ccc(Br)cc1Br. The molecule has 0 saturated carbocycles. The predicted octanol–water partition coefficient (Wildman–Crippen LogP) is 4.57. The smallest absolute Gasteiger partial charge is 0.266 e. The maximum absolute atomic E-state index is 12.6. The largest absolute Gasteiger partial charge is 0.331 e. The van der Waals surface area contributed by atoms with Crippen molar-refractivity contribution in [3.63, 3.8) is 0 Å². The van der Waals surface area contributed by atoms with Gasteiger partial charge in [-0.2, -0.15) is 0 Å². The number of aromatic amines is 1. The maximum Gasteiger partial charge on any atom is 0.266 e. The minimum Gasteiger partial charge on any atom is -0.331 e. The highest BCUT2D eigenvalue weighted by atomic mass is 79.9. The van der Waals surface area contributed by atoms with Crippen molar-refractivity contribution < 1.29 is 0 Å². The highest BCUT2D eigenvalue weighted by molar-refractivity contribution is 9.11. The first kappa shape index (κ1) is 13.7. The van der Waals surface area contributed by atoms with Crippen molar-refractivity contribution in [3.8, 4) is 5.69 Å². The zero-order valence-electron chi connectivity index (χ0n) is 10.1. The second-order valence-electron chi connectivity index (χ2n) is 4.21. The number of fused-ring (bicyclic) bond motifs is 1. The molecule has 0 aliphatic rings. The van der Waals surface area contributed by atoms with Crippen molar-refractivity contribution in [2.24, 2.45) is 0 Å². The molecule has 0 radical (unpaired) electrons. The van der Waals surface area contributed by atoms with E-state index in [2.05, 4.69) is 36.8 Å². The van der Waals surface area contributed by atoms with E-state index in [-0.39, 0.29) is 5.56 Å².